The fourth-order valence-corrected chi connectivity index (χ4v) is 5.55. The van der Waals surface area contributed by atoms with E-state index in [1.54, 1.807) is 0 Å². The number of benzene rings is 2. The van der Waals surface area contributed by atoms with Crippen LogP contribution in [-0.4, -0.2) is 77.1 Å². The molecule has 3 aliphatic rings. The molecule has 2 aromatic carbocycles. The molecule has 0 aromatic heterocycles. The predicted molar refractivity (Wildman–Crippen MR) is 125 cm³/mol. The standard InChI is InChI=1S/C26H28N2O7/c29-15(11-24(30)28-21-9-10-34-23(21)12-22(28)25(31)32)13-27-26(33)35-14-20-18-7-3-1-5-16(18)17-6-2-4-8-19(17)20/h1-8,15,20-23,29H,9-14H2,(H,27,33)(H,31,32)/t15?,21-,22?,23-/m1/s1. The molecule has 0 radical (unpaired) electrons. The van der Waals surface area contributed by atoms with Crippen molar-refractivity contribution in [1.29, 1.82) is 0 Å². The lowest BCUT2D eigenvalue weighted by molar-refractivity contribution is -0.150. The van der Waals surface area contributed by atoms with Gasteiger partial charge in [-0.3, -0.25) is 4.79 Å². The van der Waals surface area contributed by atoms with E-state index >= 15 is 0 Å². The Kier molecular flexibility index (Phi) is 6.44. The number of alkyl carbamates (subject to hydrolysis) is 1. The summed E-state index contributed by atoms with van der Waals surface area (Å²) in [5.41, 5.74) is 4.45. The second kappa shape index (κ2) is 9.67. The van der Waals surface area contributed by atoms with E-state index in [-0.39, 0.29) is 44.1 Å². The van der Waals surface area contributed by atoms with Crippen molar-refractivity contribution in [3.05, 3.63) is 59.7 Å². The fourth-order valence-electron chi connectivity index (χ4n) is 5.55. The number of nitrogens with zero attached hydrogens (tertiary/aromatic N) is 1. The fraction of sp³-hybridized carbons (Fsp3) is 0.423. The molecule has 9 heteroatoms. The molecule has 5 rings (SSSR count). The summed E-state index contributed by atoms with van der Waals surface area (Å²) in [6, 6.07) is 14.8. The van der Waals surface area contributed by atoms with Gasteiger partial charge in [0.25, 0.3) is 0 Å². The van der Waals surface area contributed by atoms with Gasteiger partial charge in [-0.05, 0) is 28.7 Å². The second-order valence-electron chi connectivity index (χ2n) is 9.22. The number of amides is 2. The van der Waals surface area contributed by atoms with Gasteiger partial charge in [0.2, 0.25) is 5.91 Å². The molecular weight excluding hydrogens is 452 g/mol. The molecule has 2 heterocycles. The number of aliphatic carboxylic acids is 1. The molecule has 0 bridgehead atoms. The SMILES string of the molecule is O=C(NCC(O)CC(=O)N1C(C(=O)O)C[C@H]2OCC[C@H]21)OCC1c2ccccc2-c2ccccc21. The van der Waals surface area contributed by atoms with E-state index in [1.165, 1.54) is 4.90 Å². The van der Waals surface area contributed by atoms with Crippen molar-refractivity contribution in [3.63, 3.8) is 0 Å². The van der Waals surface area contributed by atoms with Crippen molar-refractivity contribution in [2.24, 2.45) is 0 Å². The van der Waals surface area contributed by atoms with Crippen molar-refractivity contribution in [2.45, 2.75) is 49.5 Å². The highest BCUT2D eigenvalue weighted by Gasteiger charge is 2.49. The van der Waals surface area contributed by atoms with Gasteiger partial charge in [0.05, 0.1) is 24.7 Å². The number of fused-ring (bicyclic) bond motifs is 4. The van der Waals surface area contributed by atoms with Crippen LogP contribution in [0.4, 0.5) is 4.79 Å². The third kappa shape index (κ3) is 4.49. The second-order valence-corrected chi connectivity index (χ2v) is 9.22. The summed E-state index contributed by atoms with van der Waals surface area (Å²) in [7, 11) is 0. The molecule has 2 unspecified atom stereocenters. The molecular formula is C26H28N2O7. The number of rotatable bonds is 7. The van der Waals surface area contributed by atoms with Crippen LogP contribution in [-0.2, 0) is 19.1 Å². The zero-order valence-electron chi connectivity index (χ0n) is 19.1. The van der Waals surface area contributed by atoms with Crippen LogP contribution in [0.5, 0.6) is 0 Å². The summed E-state index contributed by atoms with van der Waals surface area (Å²) < 4.78 is 11.0. The molecule has 2 aliphatic heterocycles. The van der Waals surface area contributed by atoms with Crippen molar-refractivity contribution in [1.82, 2.24) is 10.2 Å². The number of nitrogens with one attached hydrogen (secondary N) is 1. The summed E-state index contributed by atoms with van der Waals surface area (Å²) in [5.74, 6) is -1.62. The van der Waals surface area contributed by atoms with Gasteiger partial charge in [-0.15, -0.1) is 0 Å². The topological polar surface area (TPSA) is 125 Å². The summed E-state index contributed by atoms with van der Waals surface area (Å²) >= 11 is 0. The summed E-state index contributed by atoms with van der Waals surface area (Å²) in [4.78, 5) is 38.0. The smallest absolute Gasteiger partial charge is 0.407 e. The molecule has 0 saturated carbocycles. The van der Waals surface area contributed by atoms with Gasteiger partial charge in [-0.25, -0.2) is 9.59 Å². The van der Waals surface area contributed by atoms with E-state index in [9.17, 15) is 24.6 Å². The highest BCUT2D eigenvalue weighted by atomic mass is 16.5. The van der Waals surface area contributed by atoms with E-state index < -0.39 is 30.1 Å². The minimum atomic E-state index is -1.17. The lowest BCUT2D eigenvalue weighted by atomic mass is 9.98. The van der Waals surface area contributed by atoms with Crippen molar-refractivity contribution in [3.8, 4) is 11.1 Å². The van der Waals surface area contributed by atoms with Gasteiger partial charge < -0.3 is 29.9 Å². The first-order valence-corrected chi connectivity index (χ1v) is 11.9. The van der Waals surface area contributed by atoms with Crippen LogP contribution in [0.25, 0.3) is 11.1 Å². The number of ether oxygens (including phenoxy) is 2. The molecule has 2 amide bonds. The van der Waals surface area contributed by atoms with Crippen molar-refractivity contribution < 1.29 is 34.1 Å². The minimum Gasteiger partial charge on any atom is -0.480 e. The quantitative estimate of drug-likeness (QED) is 0.554. The van der Waals surface area contributed by atoms with E-state index in [1.807, 2.05) is 36.4 Å². The lowest BCUT2D eigenvalue weighted by Gasteiger charge is -2.27. The van der Waals surface area contributed by atoms with Crippen LogP contribution in [0.2, 0.25) is 0 Å². The molecule has 2 fully saturated rings. The molecule has 0 spiro atoms. The Morgan fingerprint density at radius 3 is 2.40 bits per heavy atom. The molecule has 3 N–H and O–H groups in total. The molecule has 184 valence electrons. The first-order valence-electron chi connectivity index (χ1n) is 11.9. The number of aliphatic hydroxyl groups excluding tert-OH is 1. The number of likely N-dealkylation sites (tertiary alicyclic amines) is 1. The number of aliphatic hydroxyl groups is 1. The Labute approximate surface area is 202 Å². The van der Waals surface area contributed by atoms with Gasteiger partial charge in [-0.1, -0.05) is 48.5 Å². The Morgan fingerprint density at radius 1 is 1.09 bits per heavy atom. The zero-order valence-corrected chi connectivity index (χ0v) is 19.1. The van der Waals surface area contributed by atoms with E-state index in [0.29, 0.717) is 13.0 Å². The minimum absolute atomic E-state index is 0.0793. The summed E-state index contributed by atoms with van der Waals surface area (Å²) in [6.45, 7) is 0.446. The van der Waals surface area contributed by atoms with E-state index in [2.05, 4.69) is 17.4 Å². The number of hydrogen-bond acceptors (Lipinski definition) is 6. The van der Waals surface area contributed by atoms with E-state index in [4.69, 9.17) is 9.47 Å². The van der Waals surface area contributed by atoms with Crippen molar-refractivity contribution in [2.75, 3.05) is 19.8 Å². The number of carboxylic acid groups (broad SMARTS) is 1. The maximum Gasteiger partial charge on any atom is 0.407 e. The molecule has 1 aliphatic carbocycles. The van der Waals surface area contributed by atoms with Crippen LogP contribution in [0.15, 0.2) is 48.5 Å². The number of hydrogen-bond donors (Lipinski definition) is 3. The third-order valence-electron chi connectivity index (χ3n) is 7.13. The number of carbonyl (C=O) groups is 3. The Morgan fingerprint density at radius 2 is 1.74 bits per heavy atom. The summed E-state index contributed by atoms with van der Waals surface area (Å²) in [6.07, 6.45) is -1.60. The maximum atomic E-state index is 12.8. The Bertz CT molecular complexity index is 1090. The van der Waals surface area contributed by atoms with Crippen molar-refractivity contribution >= 4 is 18.0 Å². The molecule has 4 atom stereocenters. The van der Waals surface area contributed by atoms with Gasteiger partial charge in [0.1, 0.15) is 12.6 Å². The van der Waals surface area contributed by atoms with Gasteiger partial charge in [0, 0.05) is 25.5 Å². The molecule has 2 aromatic rings. The van der Waals surface area contributed by atoms with Gasteiger partial charge >= 0.3 is 12.1 Å². The van der Waals surface area contributed by atoms with E-state index in [0.717, 1.165) is 22.3 Å². The lowest BCUT2D eigenvalue weighted by Crippen LogP contribution is -2.47. The van der Waals surface area contributed by atoms with Gasteiger partial charge in [-0.2, -0.15) is 0 Å². The Balaban J connectivity index is 1.13. The monoisotopic (exact) mass is 480 g/mol. The highest BCUT2D eigenvalue weighted by Crippen LogP contribution is 2.44. The Hall–Kier alpha value is -3.43. The van der Waals surface area contributed by atoms with Crippen LogP contribution in [0.1, 0.15) is 36.3 Å². The normalized spacial score (nSPS) is 23.3. The predicted octanol–water partition coefficient (Wildman–Crippen LogP) is 2.12. The number of carbonyl (C=O) groups excluding carboxylic acids is 2. The van der Waals surface area contributed by atoms with Crippen LogP contribution in [0, 0.1) is 0 Å². The van der Waals surface area contributed by atoms with Crippen LogP contribution in [0.3, 0.4) is 0 Å². The average Bonchev–Trinajstić information content (AvgIpc) is 3.53. The molecule has 9 nitrogen and oxygen atoms in total. The maximum absolute atomic E-state index is 12.8. The summed E-state index contributed by atoms with van der Waals surface area (Å²) in [5, 5.41) is 22.3. The first-order chi connectivity index (χ1) is 16.9. The van der Waals surface area contributed by atoms with Crippen LogP contribution >= 0.6 is 0 Å². The largest absolute Gasteiger partial charge is 0.480 e. The molecule has 35 heavy (non-hydrogen) atoms. The first kappa shape index (κ1) is 23.3. The van der Waals surface area contributed by atoms with Crippen LogP contribution < -0.4 is 5.32 Å². The molecule has 2 saturated heterocycles. The van der Waals surface area contributed by atoms with Gasteiger partial charge in [0.15, 0.2) is 0 Å². The zero-order chi connectivity index (χ0) is 24.5. The third-order valence-corrected chi connectivity index (χ3v) is 7.13. The number of carboxylic acids is 1. The average molecular weight is 481 g/mol. The highest BCUT2D eigenvalue weighted by molar-refractivity contribution is 5.85.